The fourth-order valence-electron chi connectivity index (χ4n) is 3.02. The number of aryl methyl sites for hydroxylation is 1. The number of alkyl halides is 1. The van der Waals surface area contributed by atoms with Crippen molar-refractivity contribution < 1.29 is 17.2 Å². The van der Waals surface area contributed by atoms with E-state index in [1.54, 1.807) is 24.3 Å². The van der Waals surface area contributed by atoms with Gasteiger partial charge in [0.25, 0.3) is 0 Å². The summed E-state index contributed by atoms with van der Waals surface area (Å²) in [7, 11) is -3.74. The van der Waals surface area contributed by atoms with E-state index >= 15 is 0 Å². The summed E-state index contributed by atoms with van der Waals surface area (Å²) < 4.78 is 54.4. The Kier molecular flexibility index (Phi) is 4.69. The lowest BCUT2D eigenvalue weighted by Crippen LogP contribution is -2.41. The second-order valence-electron chi connectivity index (χ2n) is 6.12. The molecule has 1 saturated heterocycles. The van der Waals surface area contributed by atoms with Crippen molar-refractivity contribution in [2.75, 3.05) is 6.54 Å². The van der Waals surface area contributed by atoms with Crippen molar-refractivity contribution in [3.05, 3.63) is 65.5 Å². The molecule has 0 unspecified atom stereocenters. The number of piperidine rings is 1. The van der Waals surface area contributed by atoms with Gasteiger partial charge in [-0.15, -0.1) is 0 Å². The molecule has 3 rings (SSSR count). The summed E-state index contributed by atoms with van der Waals surface area (Å²) in [4.78, 5) is 0.192. The van der Waals surface area contributed by atoms with Crippen LogP contribution in [0.5, 0.6) is 0 Å². The summed E-state index contributed by atoms with van der Waals surface area (Å²) in [5, 5.41) is 0. The summed E-state index contributed by atoms with van der Waals surface area (Å²) in [5.74, 6) is -0.403. The third kappa shape index (κ3) is 3.35. The zero-order chi connectivity index (χ0) is 17.3. The lowest BCUT2D eigenvalue weighted by molar-refractivity contribution is 0.156. The Morgan fingerprint density at radius 3 is 2.29 bits per heavy atom. The minimum Gasteiger partial charge on any atom is -0.247 e. The molecule has 1 aliphatic heterocycles. The summed E-state index contributed by atoms with van der Waals surface area (Å²) in [5.41, 5.74) is 1.57. The first-order valence-corrected chi connectivity index (χ1v) is 9.30. The topological polar surface area (TPSA) is 37.4 Å². The molecule has 24 heavy (non-hydrogen) atoms. The molecule has 1 heterocycles. The summed E-state index contributed by atoms with van der Waals surface area (Å²) in [6, 6.07) is 11.6. The van der Waals surface area contributed by atoms with Crippen LogP contribution in [0.4, 0.5) is 8.78 Å². The highest BCUT2D eigenvalue weighted by Crippen LogP contribution is 2.36. The molecular weight excluding hydrogens is 332 g/mol. The molecule has 2 atom stereocenters. The lowest BCUT2D eigenvalue weighted by Gasteiger charge is -2.36. The maximum absolute atomic E-state index is 13.9. The standard InChI is InChI=1S/C18H19F2NO2S/c1-13-2-8-17(9-3-13)24(22,23)21-11-10-16(20)12-18(21)14-4-6-15(19)7-5-14/h2-9,16,18H,10-12H2,1H3/t16-,18+/m0/s1. The zero-order valence-electron chi connectivity index (χ0n) is 13.3. The molecule has 0 bridgehead atoms. The number of halogens is 2. The van der Waals surface area contributed by atoms with Gasteiger partial charge in [-0.2, -0.15) is 4.31 Å². The van der Waals surface area contributed by atoms with E-state index in [1.165, 1.54) is 28.6 Å². The van der Waals surface area contributed by atoms with E-state index in [-0.39, 0.29) is 24.3 Å². The maximum Gasteiger partial charge on any atom is 0.243 e. The Balaban J connectivity index is 1.99. The van der Waals surface area contributed by atoms with Gasteiger partial charge < -0.3 is 0 Å². The third-order valence-corrected chi connectivity index (χ3v) is 6.29. The van der Waals surface area contributed by atoms with Crippen LogP contribution >= 0.6 is 0 Å². The zero-order valence-corrected chi connectivity index (χ0v) is 14.1. The van der Waals surface area contributed by atoms with Crippen LogP contribution in [0.15, 0.2) is 53.4 Å². The van der Waals surface area contributed by atoms with E-state index < -0.39 is 28.1 Å². The third-order valence-electron chi connectivity index (χ3n) is 4.37. The van der Waals surface area contributed by atoms with Gasteiger partial charge in [0, 0.05) is 6.54 Å². The normalized spacial score (nSPS) is 22.5. The van der Waals surface area contributed by atoms with Gasteiger partial charge in [-0.05, 0) is 49.6 Å². The van der Waals surface area contributed by atoms with Crippen molar-refractivity contribution in [2.24, 2.45) is 0 Å². The van der Waals surface area contributed by atoms with Gasteiger partial charge in [0.1, 0.15) is 12.0 Å². The van der Waals surface area contributed by atoms with Crippen LogP contribution in [-0.2, 0) is 10.0 Å². The van der Waals surface area contributed by atoms with Crippen molar-refractivity contribution in [3.63, 3.8) is 0 Å². The van der Waals surface area contributed by atoms with Gasteiger partial charge >= 0.3 is 0 Å². The summed E-state index contributed by atoms with van der Waals surface area (Å²) in [6.45, 7) is 1.99. The molecule has 2 aromatic carbocycles. The first kappa shape index (κ1) is 17.0. The Labute approximate surface area is 141 Å². The molecule has 0 radical (unpaired) electrons. The number of hydrogen-bond acceptors (Lipinski definition) is 2. The van der Waals surface area contributed by atoms with E-state index in [0.29, 0.717) is 5.56 Å². The molecule has 0 amide bonds. The summed E-state index contributed by atoms with van der Waals surface area (Å²) >= 11 is 0. The maximum atomic E-state index is 13.9. The van der Waals surface area contributed by atoms with Crippen molar-refractivity contribution >= 4 is 10.0 Å². The van der Waals surface area contributed by atoms with Gasteiger partial charge in [0.15, 0.2) is 0 Å². The van der Waals surface area contributed by atoms with Crippen LogP contribution in [0.25, 0.3) is 0 Å². The number of rotatable bonds is 3. The number of hydrogen-bond donors (Lipinski definition) is 0. The van der Waals surface area contributed by atoms with Crippen LogP contribution in [0.2, 0.25) is 0 Å². The SMILES string of the molecule is Cc1ccc(S(=O)(=O)N2CC[C@H](F)C[C@@H]2c2ccc(F)cc2)cc1. The lowest BCUT2D eigenvalue weighted by atomic mass is 9.96. The molecule has 1 aliphatic rings. The number of sulfonamides is 1. The fourth-order valence-corrected chi connectivity index (χ4v) is 4.66. The molecule has 0 aromatic heterocycles. The Bertz CT molecular complexity index is 804. The molecule has 0 saturated carbocycles. The molecule has 0 aliphatic carbocycles. The van der Waals surface area contributed by atoms with E-state index in [1.807, 2.05) is 6.92 Å². The average Bonchev–Trinajstić information content (AvgIpc) is 2.55. The highest BCUT2D eigenvalue weighted by atomic mass is 32.2. The van der Waals surface area contributed by atoms with Crippen molar-refractivity contribution in [2.45, 2.75) is 36.9 Å². The second-order valence-corrected chi connectivity index (χ2v) is 8.01. The molecule has 6 heteroatoms. The van der Waals surface area contributed by atoms with Gasteiger partial charge in [-0.25, -0.2) is 17.2 Å². The molecular formula is C18H19F2NO2S. The molecule has 3 nitrogen and oxygen atoms in total. The van der Waals surface area contributed by atoms with Crippen LogP contribution in [0.1, 0.15) is 30.0 Å². The van der Waals surface area contributed by atoms with E-state index in [0.717, 1.165) is 5.56 Å². The van der Waals surface area contributed by atoms with Crippen molar-refractivity contribution in [1.29, 1.82) is 0 Å². The number of nitrogens with zero attached hydrogens (tertiary/aromatic N) is 1. The van der Waals surface area contributed by atoms with Gasteiger partial charge in [0.05, 0.1) is 10.9 Å². The Hall–Kier alpha value is -1.79. The first-order chi connectivity index (χ1) is 11.4. The highest BCUT2D eigenvalue weighted by molar-refractivity contribution is 7.89. The van der Waals surface area contributed by atoms with Gasteiger partial charge in [-0.1, -0.05) is 29.8 Å². The molecule has 128 valence electrons. The van der Waals surface area contributed by atoms with Gasteiger partial charge in [-0.3, -0.25) is 0 Å². The molecule has 1 fully saturated rings. The second kappa shape index (κ2) is 6.61. The minimum atomic E-state index is -3.74. The Morgan fingerprint density at radius 2 is 1.67 bits per heavy atom. The predicted molar refractivity (Wildman–Crippen MR) is 88.3 cm³/mol. The quantitative estimate of drug-likeness (QED) is 0.838. The molecule has 0 spiro atoms. The first-order valence-electron chi connectivity index (χ1n) is 7.86. The average molecular weight is 351 g/mol. The Morgan fingerprint density at radius 1 is 1.04 bits per heavy atom. The smallest absolute Gasteiger partial charge is 0.243 e. The van der Waals surface area contributed by atoms with Crippen LogP contribution < -0.4 is 0 Å². The predicted octanol–water partition coefficient (Wildman–Crippen LogP) is 4.00. The van der Waals surface area contributed by atoms with Crippen LogP contribution in [0.3, 0.4) is 0 Å². The van der Waals surface area contributed by atoms with Crippen molar-refractivity contribution in [3.8, 4) is 0 Å². The largest absolute Gasteiger partial charge is 0.247 e. The van der Waals surface area contributed by atoms with Crippen molar-refractivity contribution in [1.82, 2.24) is 4.31 Å². The van der Waals surface area contributed by atoms with Crippen LogP contribution in [0, 0.1) is 12.7 Å². The minimum absolute atomic E-state index is 0.0801. The highest BCUT2D eigenvalue weighted by Gasteiger charge is 2.37. The molecule has 0 N–H and O–H groups in total. The molecule has 2 aromatic rings. The summed E-state index contributed by atoms with van der Waals surface area (Å²) in [6.07, 6.45) is -0.816. The van der Waals surface area contributed by atoms with E-state index in [4.69, 9.17) is 0 Å². The van der Waals surface area contributed by atoms with E-state index in [2.05, 4.69) is 0 Å². The monoisotopic (exact) mass is 351 g/mol. The number of benzene rings is 2. The van der Waals surface area contributed by atoms with Crippen LogP contribution in [-0.4, -0.2) is 25.4 Å². The fraction of sp³-hybridized carbons (Fsp3) is 0.333. The van der Waals surface area contributed by atoms with Gasteiger partial charge in [0.2, 0.25) is 10.0 Å². The van der Waals surface area contributed by atoms with E-state index in [9.17, 15) is 17.2 Å².